The maximum Gasteiger partial charge on any atom is 0.307 e. The average molecular weight is 342 g/mol. The van der Waals surface area contributed by atoms with E-state index in [0.29, 0.717) is 23.1 Å². The Hall–Kier alpha value is -1.79. The van der Waals surface area contributed by atoms with Gasteiger partial charge >= 0.3 is 5.97 Å². The van der Waals surface area contributed by atoms with Gasteiger partial charge in [0.05, 0.1) is 29.2 Å². The van der Waals surface area contributed by atoms with Gasteiger partial charge in [-0.05, 0) is 17.5 Å². The number of hydrogen-bond acceptors (Lipinski definition) is 4. The Morgan fingerprint density at radius 3 is 2.57 bits per heavy atom. The van der Waals surface area contributed by atoms with Crippen molar-refractivity contribution in [2.45, 2.75) is 13.8 Å². The Morgan fingerprint density at radius 1 is 1.30 bits per heavy atom. The van der Waals surface area contributed by atoms with E-state index in [1.54, 1.807) is 39.2 Å². The van der Waals surface area contributed by atoms with E-state index >= 15 is 0 Å². The highest BCUT2D eigenvalue weighted by Crippen LogP contribution is 2.58. The molecule has 0 aliphatic heterocycles. The molecule has 6 nitrogen and oxygen atoms in total. The number of nitrogens with one attached hydrogen (secondary N) is 1. The number of para-hydroxylation sites is 1. The quantitative estimate of drug-likeness (QED) is 0.745. The number of carboxylic acids is 1. The highest BCUT2D eigenvalue weighted by molar-refractivity contribution is 6.32. The molecule has 7 heteroatoms. The fraction of sp³-hybridized carbons (Fsp3) is 0.500. The maximum atomic E-state index is 12.4. The Balaban J connectivity index is 2.13. The van der Waals surface area contributed by atoms with Crippen molar-refractivity contribution in [2.75, 3.05) is 25.6 Å². The number of rotatable bonds is 7. The minimum atomic E-state index is -0.960. The molecule has 2 atom stereocenters. The van der Waals surface area contributed by atoms with E-state index in [2.05, 4.69) is 5.32 Å². The molecule has 1 saturated carbocycles. The van der Waals surface area contributed by atoms with E-state index in [1.165, 1.54) is 0 Å². The molecule has 2 rings (SSSR count). The highest BCUT2D eigenvalue weighted by atomic mass is 35.5. The molecule has 0 radical (unpaired) electrons. The summed E-state index contributed by atoms with van der Waals surface area (Å²) in [5, 5.41) is 12.3. The van der Waals surface area contributed by atoms with Crippen LogP contribution in [0.2, 0.25) is 5.02 Å². The molecule has 126 valence electrons. The lowest BCUT2D eigenvalue weighted by molar-refractivity contribution is -0.140. The molecule has 1 aliphatic rings. The Bertz CT molecular complexity index is 616. The predicted octanol–water partition coefficient (Wildman–Crippen LogP) is 2.66. The van der Waals surface area contributed by atoms with Gasteiger partial charge in [0.15, 0.2) is 5.75 Å². The van der Waals surface area contributed by atoms with Crippen molar-refractivity contribution in [2.24, 2.45) is 17.3 Å². The van der Waals surface area contributed by atoms with Crippen LogP contribution in [0.3, 0.4) is 0 Å². The third kappa shape index (κ3) is 3.59. The van der Waals surface area contributed by atoms with Crippen molar-refractivity contribution in [1.29, 1.82) is 0 Å². The monoisotopic (exact) mass is 341 g/mol. The van der Waals surface area contributed by atoms with Crippen LogP contribution in [0, 0.1) is 17.3 Å². The van der Waals surface area contributed by atoms with Gasteiger partial charge in [-0.15, -0.1) is 0 Å². The summed E-state index contributed by atoms with van der Waals surface area (Å²) in [7, 11) is 1.56. The van der Waals surface area contributed by atoms with Crippen LogP contribution < -0.4 is 10.1 Å². The van der Waals surface area contributed by atoms with Crippen molar-refractivity contribution < 1.29 is 24.2 Å². The predicted molar refractivity (Wildman–Crippen MR) is 85.8 cm³/mol. The van der Waals surface area contributed by atoms with Gasteiger partial charge in [0.1, 0.15) is 6.61 Å². The average Bonchev–Trinajstić information content (AvgIpc) is 3.05. The smallest absolute Gasteiger partial charge is 0.307 e. The fourth-order valence-corrected chi connectivity index (χ4v) is 3.01. The van der Waals surface area contributed by atoms with Crippen LogP contribution >= 0.6 is 11.6 Å². The standard InChI is InChI=1S/C16H20ClNO5/c1-16(2)11(12(16)15(20)21)14(19)18-10-6-4-5-9(17)13(10)23-8-7-22-3/h4-6,11-12H,7-8H2,1-3H3,(H,18,19)(H,20,21)/t11-,12+/m0/s1. The minimum Gasteiger partial charge on any atom is -0.487 e. The SMILES string of the molecule is COCCOc1c(Cl)cccc1NC(=O)[C@@H]1[C@H](C(=O)O)C1(C)C. The first-order valence-electron chi connectivity index (χ1n) is 7.24. The molecule has 0 spiro atoms. The summed E-state index contributed by atoms with van der Waals surface area (Å²) in [6, 6.07) is 5.01. The topological polar surface area (TPSA) is 84.9 Å². The van der Waals surface area contributed by atoms with Gasteiger partial charge in [0.2, 0.25) is 5.91 Å². The van der Waals surface area contributed by atoms with Crippen molar-refractivity contribution in [3.63, 3.8) is 0 Å². The van der Waals surface area contributed by atoms with E-state index in [0.717, 1.165) is 0 Å². The number of aliphatic carboxylic acids is 1. The first kappa shape index (κ1) is 17.6. The molecule has 0 bridgehead atoms. The first-order chi connectivity index (χ1) is 10.8. The van der Waals surface area contributed by atoms with Gasteiger partial charge in [-0.1, -0.05) is 31.5 Å². The molecule has 0 unspecified atom stereocenters. The normalized spacial score (nSPS) is 21.6. The van der Waals surface area contributed by atoms with E-state index in [-0.39, 0.29) is 12.5 Å². The molecule has 1 aliphatic carbocycles. The number of halogens is 1. The van der Waals surface area contributed by atoms with Crippen LogP contribution in [0.4, 0.5) is 5.69 Å². The van der Waals surface area contributed by atoms with Crippen LogP contribution in [0.15, 0.2) is 18.2 Å². The number of ether oxygens (including phenoxy) is 2. The molecule has 1 aromatic carbocycles. The third-order valence-electron chi connectivity index (χ3n) is 4.13. The van der Waals surface area contributed by atoms with Crippen LogP contribution in [-0.4, -0.2) is 37.3 Å². The van der Waals surface area contributed by atoms with Gasteiger partial charge in [0.25, 0.3) is 0 Å². The zero-order valence-electron chi connectivity index (χ0n) is 13.3. The van der Waals surface area contributed by atoms with Crippen molar-refractivity contribution in [3.8, 4) is 5.75 Å². The number of carbonyl (C=O) groups is 2. The van der Waals surface area contributed by atoms with Gasteiger partial charge in [-0.2, -0.15) is 0 Å². The highest BCUT2D eigenvalue weighted by Gasteiger charge is 2.65. The van der Waals surface area contributed by atoms with Crippen molar-refractivity contribution >= 4 is 29.2 Å². The molecule has 1 aromatic rings. The molecule has 0 saturated heterocycles. The Labute approximate surface area is 139 Å². The lowest BCUT2D eigenvalue weighted by atomic mass is 10.1. The number of anilines is 1. The first-order valence-corrected chi connectivity index (χ1v) is 7.62. The van der Waals surface area contributed by atoms with E-state index in [9.17, 15) is 14.7 Å². The zero-order valence-corrected chi connectivity index (χ0v) is 14.0. The number of amides is 1. The summed E-state index contributed by atoms with van der Waals surface area (Å²) in [4.78, 5) is 23.6. The summed E-state index contributed by atoms with van der Waals surface area (Å²) < 4.78 is 10.5. The van der Waals surface area contributed by atoms with Crippen LogP contribution in [0.25, 0.3) is 0 Å². The summed E-state index contributed by atoms with van der Waals surface area (Å²) in [6.45, 7) is 4.21. The Morgan fingerprint density at radius 2 is 2.00 bits per heavy atom. The van der Waals surface area contributed by atoms with E-state index < -0.39 is 23.2 Å². The van der Waals surface area contributed by atoms with Crippen molar-refractivity contribution in [1.82, 2.24) is 0 Å². The van der Waals surface area contributed by atoms with Gasteiger partial charge in [0, 0.05) is 7.11 Å². The number of carboxylic acid groups (broad SMARTS) is 1. The number of methoxy groups -OCH3 is 1. The number of benzene rings is 1. The number of hydrogen-bond donors (Lipinski definition) is 2. The molecular formula is C16H20ClNO5. The molecule has 1 amide bonds. The zero-order chi connectivity index (χ0) is 17.2. The lowest BCUT2D eigenvalue weighted by Crippen LogP contribution is -2.18. The molecular weight excluding hydrogens is 322 g/mol. The van der Waals surface area contributed by atoms with Gasteiger partial charge in [-0.3, -0.25) is 9.59 Å². The second kappa shape index (κ2) is 6.76. The number of carbonyl (C=O) groups excluding carboxylic acids is 1. The van der Waals surface area contributed by atoms with Crippen molar-refractivity contribution in [3.05, 3.63) is 23.2 Å². The third-order valence-corrected chi connectivity index (χ3v) is 4.43. The van der Waals surface area contributed by atoms with Gasteiger partial charge in [-0.25, -0.2) is 0 Å². The summed E-state index contributed by atoms with van der Waals surface area (Å²) in [6.07, 6.45) is 0. The molecule has 2 N–H and O–H groups in total. The van der Waals surface area contributed by atoms with Crippen LogP contribution in [-0.2, 0) is 14.3 Å². The second-order valence-corrected chi connectivity index (χ2v) is 6.47. The van der Waals surface area contributed by atoms with Gasteiger partial charge < -0.3 is 19.9 Å². The minimum absolute atomic E-state index is 0.287. The molecule has 23 heavy (non-hydrogen) atoms. The lowest BCUT2D eigenvalue weighted by Gasteiger charge is -2.14. The van der Waals surface area contributed by atoms with Crippen LogP contribution in [0.5, 0.6) is 5.75 Å². The summed E-state index contributed by atoms with van der Waals surface area (Å²) in [5.74, 6) is -2.21. The largest absolute Gasteiger partial charge is 0.487 e. The molecule has 0 heterocycles. The molecule has 1 fully saturated rings. The molecule has 0 aromatic heterocycles. The van der Waals surface area contributed by atoms with Crippen LogP contribution in [0.1, 0.15) is 13.8 Å². The van der Waals surface area contributed by atoms with E-state index in [4.69, 9.17) is 21.1 Å². The van der Waals surface area contributed by atoms with E-state index in [1.807, 2.05) is 0 Å². The maximum absolute atomic E-state index is 12.4. The Kier molecular flexibility index (Phi) is 5.16. The fourth-order valence-electron chi connectivity index (χ4n) is 2.78. The summed E-state index contributed by atoms with van der Waals surface area (Å²) in [5.41, 5.74) is -0.142. The summed E-state index contributed by atoms with van der Waals surface area (Å²) >= 11 is 6.11. The second-order valence-electron chi connectivity index (χ2n) is 6.06.